The van der Waals surface area contributed by atoms with Gasteiger partial charge in [0.15, 0.2) is 0 Å². The molecule has 0 aliphatic rings. The molecule has 0 amide bonds. The molecule has 1 aromatic carbocycles. The van der Waals surface area contributed by atoms with E-state index in [1.165, 1.54) is 4.90 Å². The first-order valence-electron chi connectivity index (χ1n) is 6.84. The van der Waals surface area contributed by atoms with Crippen LogP contribution in [-0.4, -0.2) is 29.5 Å². The lowest BCUT2D eigenvalue weighted by Gasteiger charge is -2.28. The average molecular weight is 346 g/mol. The Hall–Kier alpha value is -0.0300. The summed E-state index contributed by atoms with van der Waals surface area (Å²) in [4.78, 5) is 1.29. The van der Waals surface area contributed by atoms with Crippen molar-refractivity contribution in [3.63, 3.8) is 0 Å². The molecule has 1 atom stereocenters. The Morgan fingerprint density at radius 1 is 1.37 bits per heavy atom. The predicted molar refractivity (Wildman–Crippen MR) is 87.9 cm³/mol. The van der Waals surface area contributed by atoms with Gasteiger partial charge in [0, 0.05) is 14.9 Å². The number of hydrogen-bond acceptors (Lipinski definition) is 3. The fraction of sp³-hybridized carbons (Fsp3) is 0.600. The lowest BCUT2D eigenvalue weighted by atomic mass is 9.97. The van der Waals surface area contributed by atoms with Gasteiger partial charge in [0.05, 0.1) is 6.61 Å². The lowest BCUT2D eigenvalue weighted by molar-refractivity contribution is 0.165. The molecule has 0 aliphatic heterocycles. The maximum atomic E-state index is 9.50. The van der Waals surface area contributed by atoms with E-state index in [2.05, 4.69) is 53.3 Å². The minimum Gasteiger partial charge on any atom is -0.394 e. The highest BCUT2D eigenvalue weighted by Gasteiger charge is 2.21. The van der Waals surface area contributed by atoms with Crippen LogP contribution in [-0.2, 0) is 0 Å². The first-order chi connectivity index (χ1) is 9.11. The number of benzene rings is 1. The molecule has 0 aromatic heterocycles. The van der Waals surface area contributed by atoms with Crippen LogP contribution in [0, 0.1) is 0 Å². The smallest absolute Gasteiger partial charge is 0.0610 e. The monoisotopic (exact) mass is 345 g/mol. The third-order valence-corrected chi connectivity index (χ3v) is 5.23. The van der Waals surface area contributed by atoms with E-state index in [1.807, 2.05) is 17.8 Å². The SMILES string of the molecule is CCCNC(C)(CO)CCCSc1ccccc1Br. The molecule has 0 heterocycles. The molecular weight excluding hydrogens is 322 g/mol. The van der Waals surface area contributed by atoms with Gasteiger partial charge in [-0.2, -0.15) is 0 Å². The van der Waals surface area contributed by atoms with Crippen LogP contribution >= 0.6 is 27.7 Å². The number of nitrogens with one attached hydrogen (secondary N) is 1. The van der Waals surface area contributed by atoms with Gasteiger partial charge in [-0.25, -0.2) is 0 Å². The van der Waals surface area contributed by atoms with Crippen LogP contribution in [0.3, 0.4) is 0 Å². The molecule has 19 heavy (non-hydrogen) atoms. The molecule has 1 rings (SSSR count). The number of thioether (sulfide) groups is 1. The molecule has 0 fully saturated rings. The van der Waals surface area contributed by atoms with Crippen molar-refractivity contribution in [3.8, 4) is 0 Å². The number of halogens is 1. The fourth-order valence-corrected chi connectivity index (χ4v) is 3.37. The fourth-order valence-electron chi connectivity index (χ4n) is 1.86. The van der Waals surface area contributed by atoms with Crippen molar-refractivity contribution in [3.05, 3.63) is 28.7 Å². The largest absolute Gasteiger partial charge is 0.394 e. The van der Waals surface area contributed by atoms with Crippen molar-refractivity contribution in [1.29, 1.82) is 0 Å². The van der Waals surface area contributed by atoms with Crippen LogP contribution in [0.2, 0.25) is 0 Å². The number of rotatable bonds is 9. The third-order valence-electron chi connectivity index (χ3n) is 3.12. The molecule has 0 spiro atoms. The zero-order chi connectivity index (χ0) is 14.1. The summed E-state index contributed by atoms with van der Waals surface area (Å²) in [5, 5.41) is 12.9. The van der Waals surface area contributed by atoms with E-state index in [9.17, 15) is 5.11 Å². The van der Waals surface area contributed by atoms with Gasteiger partial charge < -0.3 is 10.4 Å². The van der Waals surface area contributed by atoms with Crippen molar-refractivity contribution in [1.82, 2.24) is 5.32 Å². The Kier molecular flexibility index (Phi) is 8.07. The Morgan fingerprint density at radius 2 is 2.11 bits per heavy atom. The molecule has 108 valence electrons. The zero-order valence-corrected chi connectivity index (χ0v) is 14.2. The maximum absolute atomic E-state index is 9.50. The van der Waals surface area contributed by atoms with Gasteiger partial charge in [-0.1, -0.05) is 19.1 Å². The van der Waals surface area contributed by atoms with Crippen molar-refractivity contribution in [2.45, 2.75) is 43.5 Å². The number of aliphatic hydroxyl groups is 1. The van der Waals surface area contributed by atoms with Crippen LogP contribution < -0.4 is 5.32 Å². The summed E-state index contributed by atoms with van der Waals surface area (Å²) in [7, 11) is 0. The highest BCUT2D eigenvalue weighted by atomic mass is 79.9. The normalized spacial score (nSPS) is 14.3. The van der Waals surface area contributed by atoms with Crippen LogP contribution in [0.4, 0.5) is 0 Å². The lowest BCUT2D eigenvalue weighted by Crippen LogP contribution is -2.46. The van der Waals surface area contributed by atoms with Gasteiger partial charge in [0.2, 0.25) is 0 Å². The molecule has 2 nitrogen and oxygen atoms in total. The second-order valence-corrected chi connectivity index (χ2v) is 7.02. The minimum atomic E-state index is -0.134. The number of hydrogen-bond donors (Lipinski definition) is 2. The van der Waals surface area contributed by atoms with Crippen LogP contribution in [0.15, 0.2) is 33.6 Å². The Morgan fingerprint density at radius 3 is 2.74 bits per heavy atom. The Labute approximate surface area is 129 Å². The van der Waals surface area contributed by atoms with E-state index >= 15 is 0 Å². The van der Waals surface area contributed by atoms with E-state index in [4.69, 9.17) is 0 Å². The van der Waals surface area contributed by atoms with Gasteiger partial charge in [0.1, 0.15) is 0 Å². The second kappa shape index (κ2) is 9.01. The van der Waals surface area contributed by atoms with Crippen molar-refractivity contribution in [2.24, 2.45) is 0 Å². The third kappa shape index (κ3) is 6.30. The average Bonchev–Trinajstić information content (AvgIpc) is 2.43. The molecule has 2 N–H and O–H groups in total. The van der Waals surface area contributed by atoms with Gasteiger partial charge >= 0.3 is 0 Å². The molecule has 1 aromatic rings. The Balaban J connectivity index is 2.31. The maximum Gasteiger partial charge on any atom is 0.0610 e. The van der Waals surface area contributed by atoms with E-state index in [0.29, 0.717) is 0 Å². The zero-order valence-electron chi connectivity index (χ0n) is 11.8. The summed E-state index contributed by atoms with van der Waals surface area (Å²) in [6.07, 6.45) is 3.20. The number of aliphatic hydroxyl groups excluding tert-OH is 1. The van der Waals surface area contributed by atoms with Crippen molar-refractivity contribution < 1.29 is 5.11 Å². The summed E-state index contributed by atoms with van der Waals surface area (Å²) < 4.78 is 1.16. The first-order valence-corrected chi connectivity index (χ1v) is 8.62. The highest BCUT2D eigenvalue weighted by Crippen LogP contribution is 2.28. The van der Waals surface area contributed by atoms with Gasteiger partial charge in [-0.15, -0.1) is 11.8 Å². The molecule has 0 aliphatic carbocycles. The van der Waals surface area contributed by atoms with E-state index in [1.54, 1.807) is 0 Å². The van der Waals surface area contributed by atoms with Crippen LogP contribution in [0.1, 0.15) is 33.1 Å². The van der Waals surface area contributed by atoms with E-state index < -0.39 is 0 Å². The van der Waals surface area contributed by atoms with Crippen molar-refractivity contribution in [2.75, 3.05) is 18.9 Å². The minimum absolute atomic E-state index is 0.134. The molecular formula is C15H24BrNOS. The standard InChI is InChI=1S/C15H24BrNOS/c1-3-10-17-15(2,12-18)9-6-11-19-14-8-5-4-7-13(14)16/h4-5,7-8,17-18H,3,6,9-12H2,1-2H3. The molecule has 4 heteroatoms. The molecule has 0 bridgehead atoms. The molecule has 0 saturated heterocycles. The van der Waals surface area contributed by atoms with Gasteiger partial charge in [-0.05, 0) is 66.5 Å². The summed E-state index contributed by atoms with van der Waals surface area (Å²) in [6.45, 7) is 5.42. The highest BCUT2D eigenvalue weighted by molar-refractivity contribution is 9.10. The summed E-state index contributed by atoms with van der Waals surface area (Å²) in [5.41, 5.74) is -0.134. The topological polar surface area (TPSA) is 32.3 Å². The van der Waals surface area contributed by atoms with E-state index in [0.717, 1.165) is 36.0 Å². The second-order valence-electron chi connectivity index (χ2n) is 5.03. The summed E-state index contributed by atoms with van der Waals surface area (Å²) in [5.74, 6) is 1.08. The van der Waals surface area contributed by atoms with Crippen molar-refractivity contribution >= 4 is 27.7 Å². The predicted octanol–water partition coefficient (Wildman–Crippen LogP) is 4.07. The van der Waals surface area contributed by atoms with E-state index in [-0.39, 0.29) is 12.1 Å². The Bertz CT molecular complexity index is 375. The van der Waals surface area contributed by atoms with Gasteiger partial charge in [-0.3, -0.25) is 0 Å². The quantitative estimate of drug-likeness (QED) is 0.522. The summed E-state index contributed by atoms with van der Waals surface area (Å²) in [6, 6.07) is 8.30. The molecule has 0 radical (unpaired) electrons. The van der Waals surface area contributed by atoms with Crippen LogP contribution in [0.5, 0.6) is 0 Å². The summed E-state index contributed by atoms with van der Waals surface area (Å²) >= 11 is 5.43. The van der Waals surface area contributed by atoms with Gasteiger partial charge in [0.25, 0.3) is 0 Å². The molecule has 0 saturated carbocycles. The molecule has 1 unspecified atom stereocenters. The first kappa shape index (κ1) is 17.0. The van der Waals surface area contributed by atoms with Crippen LogP contribution in [0.25, 0.3) is 0 Å².